The van der Waals surface area contributed by atoms with E-state index in [9.17, 15) is 0 Å². The second-order valence-electron chi connectivity index (χ2n) is 13.3. The third kappa shape index (κ3) is 7.55. The predicted octanol–water partition coefficient (Wildman–Crippen LogP) is 13.5. The van der Waals surface area contributed by atoms with Crippen LogP contribution in [0.1, 0.15) is 51.5 Å². The Balaban J connectivity index is 1.26. The molecule has 3 aliphatic rings. The first-order chi connectivity index (χ1) is 23.9. The van der Waals surface area contributed by atoms with E-state index in [4.69, 9.17) is 0 Å². The van der Waals surface area contributed by atoms with Gasteiger partial charge in [-0.05, 0) is 175 Å². The molecule has 4 heteroatoms. The summed E-state index contributed by atoms with van der Waals surface area (Å²) >= 11 is 2.47. The lowest BCUT2D eigenvalue weighted by Gasteiger charge is -2.33. The summed E-state index contributed by atoms with van der Waals surface area (Å²) < 4.78 is 1.40. The minimum absolute atomic E-state index is 0.506. The fraction of sp³-hybridized carbons (Fsp3) is 0.200. The maximum absolute atomic E-state index is 2.47. The van der Waals surface area contributed by atoms with Gasteiger partial charge in [-0.15, -0.1) is 0 Å². The minimum atomic E-state index is 0.506. The fourth-order valence-electron chi connectivity index (χ4n) is 7.08. The van der Waals surface area contributed by atoms with Gasteiger partial charge in [0.15, 0.2) is 0 Å². The monoisotopic (exact) mass is 753 g/mol. The molecule has 3 nitrogen and oxygen atoms in total. The van der Waals surface area contributed by atoms with Crippen molar-refractivity contribution >= 4 is 56.7 Å². The van der Waals surface area contributed by atoms with Gasteiger partial charge < -0.3 is 14.7 Å². The Kier molecular flexibility index (Phi) is 10.0. The summed E-state index contributed by atoms with van der Waals surface area (Å²) in [5.41, 5.74) is 13.6. The molecule has 0 heterocycles. The van der Waals surface area contributed by atoms with Crippen LogP contribution in [0.3, 0.4) is 0 Å². The van der Waals surface area contributed by atoms with Gasteiger partial charge in [0, 0.05) is 51.2 Å². The van der Waals surface area contributed by atoms with Gasteiger partial charge >= 0.3 is 0 Å². The lowest BCUT2D eigenvalue weighted by atomic mass is 9.98. The van der Waals surface area contributed by atoms with E-state index in [1.54, 1.807) is 0 Å². The second-order valence-corrected chi connectivity index (χ2v) is 14.7. The molecule has 0 aromatic heterocycles. The molecular weight excluding hydrogens is 709 g/mol. The molecule has 4 aromatic carbocycles. The van der Waals surface area contributed by atoms with Gasteiger partial charge in [0.25, 0.3) is 0 Å². The number of halogens is 1. The first-order valence-corrected chi connectivity index (χ1v) is 18.5. The van der Waals surface area contributed by atoms with Crippen LogP contribution < -0.4 is 14.7 Å². The number of hydrogen-bond acceptors (Lipinski definition) is 3. The van der Waals surface area contributed by atoms with Crippen molar-refractivity contribution < 1.29 is 0 Å². The van der Waals surface area contributed by atoms with E-state index in [0.717, 1.165) is 32.1 Å². The van der Waals surface area contributed by atoms with Crippen LogP contribution in [0.25, 0.3) is 0 Å². The fourth-order valence-corrected chi connectivity index (χ4v) is 7.53. The van der Waals surface area contributed by atoms with E-state index >= 15 is 0 Å². The van der Waals surface area contributed by atoms with E-state index in [1.165, 1.54) is 65.9 Å². The zero-order chi connectivity index (χ0) is 33.7. The van der Waals surface area contributed by atoms with Crippen molar-refractivity contribution in [3.05, 3.63) is 177 Å². The predicted molar refractivity (Wildman–Crippen MR) is 218 cm³/mol. The van der Waals surface area contributed by atoms with Crippen molar-refractivity contribution in [3.8, 4) is 0 Å². The summed E-state index contributed by atoms with van der Waals surface area (Å²) in [4.78, 5) is 7.28. The molecule has 49 heavy (non-hydrogen) atoms. The second kappa shape index (κ2) is 14.9. The first kappa shape index (κ1) is 33.0. The molecule has 0 aliphatic heterocycles. The third-order valence-corrected chi connectivity index (χ3v) is 10.4. The summed E-state index contributed by atoms with van der Waals surface area (Å²) in [7, 11) is 0. The Bertz CT molecular complexity index is 1980. The normalized spacial score (nSPS) is 17.3. The average molecular weight is 754 g/mol. The van der Waals surface area contributed by atoms with E-state index < -0.39 is 0 Å². The minimum Gasteiger partial charge on any atom is -0.314 e. The van der Waals surface area contributed by atoms with Crippen molar-refractivity contribution in [3.63, 3.8) is 0 Å². The molecule has 3 aliphatic carbocycles. The van der Waals surface area contributed by atoms with Gasteiger partial charge in [-0.1, -0.05) is 67.1 Å². The molecular formula is C45H44IN3. The Morgan fingerprint density at radius 3 is 1.73 bits per heavy atom. The smallest absolute Gasteiger partial charge is 0.0461 e. The van der Waals surface area contributed by atoms with Crippen LogP contribution in [0.2, 0.25) is 0 Å². The standard InChI is InChI=1S/C45H44IN3/c1-33-10-7-15-43(30-33)48(37-13-5-4-6-14-37)41-26-22-39(23-27-41)47(38-20-18-36(46)19-21-38)40-24-28-42(29-25-40)49(44-16-8-11-34(2)31-44)45-17-9-12-35(3)32-45/h4-6,8-14,16-18,20,22-31,35H,7,15,19,21,32H2,1-3H3. The lowest BCUT2D eigenvalue weighted by Crippen LogP contribution is -2.20. The SMILES string of the molecule is CC1=CCCC(N(c2ccccc2)c2ccc(N(C3=CC=C(I)CC3)c3ccc(N(C4=CC=CC(C)C4)c4cccc(C)c4)cc3)cc2)=C1. The highest BCUT2D eigenvalue weighted by Gasteiger charge is 2.22. The number of para-hydroxylation sites is 1. The number of hydrogen-bond donors (Lipinski definition) is 0. The summed E-state index contributed by atoms with van der Waals surface area (Å²) in [6.45, 7) is 6.66. The van der Waals surface area contributed by atoms with E-state index in [1.807, 2.05) is 0 Å². The maximum Gasteiger partial charge on any atom is 0.0461 e. The van der Waals surface area contributed by atoms with Crippen LogP contribution in [0.5, 0.6) is 0 Å². The molecule has 0 saturated heterocycles. The maximum atomic E-state index is 2.47. The van der Waals surface area contributed by atoms with Crippen LogP contribution in [-0.2, 0) is 0 Å². The van der Waals surface area contributed by atoms with Crippen molar-refractivity contribution in [1.29, 1.82) is 0 Å². The van der Waals surface area contributed by atoms with Gasteiger partial charge in [0.05, 0.1) is 0 Å². The van der Waals surface area contributed by atoms with E-state index in [2.05, 4.69) is 204 Å². The Morgan fingerprint density at radius 2 is 1.16 bits per heavy atom. The molecule has 1 unspecified atom stereocenters. The molecule has 0 bridgehead atoms. The van der Waals surface area contributed by atoms with Gasteiger partial charge in [-0.3, -0.25) is 0 Å². The molecule has 7 rings (SSSR count). The van der Waals surface area contributed by atoms with Crippen molar-refractivity contribution in [2.75, 3.05) is 14.7 Å². The van der Waals surface area contributed by atoms with E-state index in [-0.39, 0.29) is 0 Å². The Morgan fingerprint density at radius 1 is 0.571 bits per heavy atom. The molecule has 1 atom stereocenters. The summed E-state index contributed by atoms with van der Waals surface area (Å²) in [6, 6.07) is 37.9. The Labute approximate surface area is 306 Å². The number of nitrogens with zero attached hydrogens (tertiary/aromatic N) is 3. The number of aryl methyl sites for hydroxylation is 1. The number of allylic oxidation sites excluding steroid dienone is 12. The summed E-state index contributed by atoms with van der Waals surface area (Å²) in [5.74, 6) is 0.506. The number of benzene rings is 4. The largest absolute Gasteiger partial charge is 0.314 e. The highest BCUT2D eigenvalue weighted by atomic mass is 127. The van der Waals surface area contributed by atoms with Gasteiger partial charge in [-0.2, -0.15) is 0 Å². The van der Waals surface area contributed by atoms with Gasteiger partial charge in [0.2, 0.25) is 0 Å². The molecule has 246 valence electrons. The lowest BCUT2D eigenvalue weighted by molar-refractivity contribution is 0.696. The number of anilines is 6. The Hall–Kier alpha value is -4.55. The molecule has 0 radical (unpaired) electrons. The number of rotatable bonds is 9. The van der Waals surface area contributed by atoms with Crippen LogP contribution in [-0.4, -0.2) is 0 Å². The van der Waals surface area contributed by atoms with Crippen molar-refractivity contribution in [2.24, 2.45) is 5.92 Å². The molecule has 0 saturated carbocycles. The van der Waals surface area contributed by atoms with Crippen LogP contribution >= 0.6 is 22.6 Å². The topological polar surface area (TPSA) is 9.72 Å². The van der Waals surface area contributed by atoms with Crippen LogP contribution in [0.4, 0.5) is 34.1 Å². The highest BCUT2D eigenvalue weighted by Crippen LogP contribution is 2.41. The van der Waals surface area contributed by atoms with Crippen LogP contribution in [0.15, 0.2) is 172 Å². The third-order valence-electron chi connectivity index (χ3n) is 9.47. The van der Waals surface area contributed by atoms with Crippen molar-refractivity contribution in [2.45, 2.75) is 52.9 Å². The average Bonchev–Trinajstić information content (AvgIpc) is 3.11. The van der Waals surface area contributed by atoms with E-state index in [0.29, 0.717) is 5.92 Å². The molecule has 0 spiro atoms. The first-order valence-electron chi connectivity index (χ1n) is 17.4. The van der Waals surface area contributed by atoms with Crippen LogP contribution in [0, 0.1) is 12.8 Å². The zero-order valence-electron chi connectivity index (χ0n) is 28.7. The molecule has 0 N–H and O–H groups in total. The molecule has 0 fully saturated rings. The molecule has 0 amide bonds. The highest BCUT2D eigenvalue weighted by molar-refractivity contribution is 14.1. The quantitative estimate of drug-likeness (QED) is 0.158. The van der Waals surface area contributed by atoms with Gasteiger partial charge in [-0.25, -0.2) is 0 Å². The van der Waals surface area contributed by atoms with Gasteiger partial charge in [0.1, 0.15) is 0 Å². The summed E-state index contributed by atoms with van der Waals surface area (Å²) in [6.07, 6.45) is 21.1. The summed E-state index contributed by atoms with van der Waals surface area (Å²) in [5, 5.41) is 0. The van der Waals surface area contributed by atoms with Crippen molar-refractivity contribution in [1.82, 2.24) is 0 Å². The zero-order valence-corrected chi connectivity index (χ0v) is 30.8. The molecule has 4 aromatic rings.